The van der Waals surface area contributed by atoms with E-state index in [1.807, 2.05) is 0 Å². The molecule has 0 aromatic heterocycles. The third-order valence-corrected chi connectivity index (χ3v) is 2.50. The molecule has 1 unspecified atom stereocenters. The Bertz CT molecular complexity index is 258. The average molecular weight is 280 g/mol. The van der Waals surface area contributed by atoms with Gasteiger partial charge in [-0.25, -0.2) is 0 Å². The van der Waals surface area contributed by atoms with Crippen molar-refractivity contribution in [2.75, 3.05) is 32.8 Å². The number of nitrogens with one attached hydrogen (secondary N) is 3. The van der Waals surface area contributed by atoms with E-state index in [0.717, 1.165) is 26.0 Å². The van der Waals surface area contributed by atoms with Gasteiger partial charge in [-0.3, -0.25) is 9.59 Å². The summed E-state index contributed by atoms with van der Waals surface area (Å²) in [5.41, 5.74) is 0. The van der Waals surface area contributed by atoms with Gasteiger partial charge in [0, 0.05) is 33.2 Å². The summed E-state index contributed by atoms with van der Waals surface area (Å²) in [6.07, 6.45) is 2.43. The SMILES string of the molecule is CC(=O)NCCNC(=O)CNCC1CCCO1.Cl. The van der Waals surface area contributed by atoms with Gasteiger partial charge >= 0.3 is 0 Å². The topological polar surface area (TPSA) is 79.5 Å². The Morgan fingerprint density at radius 2 is 2.00 bits per heavy atom. The van der Waals surface area contributed by atoms with Crippen molar-refractivity contribution in [1.29, 1.82) is 0 Å². The van der Waals surface area contributed by atoms with E-state index in [1.54, 1.807) is 0 Å². The average Bonchev–Trinajstić information content (AvgIpc) is 2.77. The highest BCUT2D eigenvalue weighted by atomic mass is 35.5. The van der Waals surface area contributed by atoms with E-state index in [2.05, 4.69) is 16.0 Å². The molecule has 1 aliphatic heterocycles. The number of hydrogen-bond donors (Lipinski definition) is 3. The van der Waals surface area contributed by atoms with Gasteiger partial charge in [0.2, 0.25) is 11.8 Å². The van der Waals surface area contributed by atoms with Gasteiger partial charge in [-0.1, -0.05) is 0 Å². The van der Waals surface area contributed by atoms with Gasteiger partial charge in [-0.15, -0.1) is 12.4 Å². The zero-order chi connectivity index (χ0) is 12.5. The zero-order valence-corrected chi connectivity index (χ0v) is 11.5. The van der Waals surface area contributed by atoms with Crippen LogP contribution < -0.4 is 16.0 Å². The number of carbonyl (C=O) groups is 2. The summed E-state index contributed by atoms with van der Waals surface area (Å²) in [7, 11) is 0. The molecule has 0 bridgehead atoms. The predicted molar refractivity (Wildman–Crippen MR) is 70.8 cm³/mol. The molecule has 0 spiro atoms. The summed E-state index contributed by atoms with van der Waals surface area (Å²) in [4.78, 5) is 21.9. The molecule has 7 heteroatoms. The van der Waals surface area contributed by atoms with Crippen LogP contribution in [0, 0.1) is 0 Å². The maximum atomic E-state index is 11.3. The normalized spacial score (nSPS) is 17.9. The molecular weight excluding hydrogens is 258 g/mol. The summed E-state index contributed by atoms with van der Waals surface area (Å²) in [5, 5.41) is 8.37. The number of carbonyl (C=O) groups excluding carboxylic acids is 2. The highest BCUT2D eigenvalue weighted by Gasteiger charge is 2.14. The second-order valence-electron chi connectivity index (χ2n) is 4.10. The van der Waals surface area contributed by atoms with Crippen LogP contribution in [0.3, 0.4) is 0 Å². The first-order valence-corrected chi connectivity index (χ1v) is 6.02. The molecule has 1 aliphatic rings. The molecule has 106 valence electrons. The molecule has 0 aliphatic carbocycles. The Balaban J connectivity index is 0.00000289. The summed E-state index contributed by atoms with van der Waals surface area (Å²) >= 11 is 0. The van der Waals surface area contributed by atoms with Crippen LogP contribution in [0.25, 0.3) is 0 Å². The van der Waals surface area contributed by atoms with Crippen LogP contribution in [0.4, 0.5) is 0 Å². The van der Waals surface area contributed by atoms with Crippen molar-refractivity contribution in [1.82, 2.24) is 16.0 Å². The second kappa shape index (κ2) is 10.1. The molecule has 6 nitrogen and oxygen atoms in total. The van der Waals surface area contributed by atoms with Crippen molar-refractivity contribution < 1.29 is 14.3 Å². The monoisotopic (exact) mass is 279 g/mol. The Morgan fingerprint density at radius 3 is 2.61 bits per heavy atom. The van der Waals surface area contributed by atoms with E-state index in [4.69, 9.17) is 4.74 Å². The quantitative estimate of drug-likeness (QED) is 0.545. The number of rotatable bonds is 7. The third-order valence-electron chi connectivity index (χ3n) is 2.50. The van der Waals surface area contributed by atoms with Gasteiger partial charge in [0.1, 0.15) is 0 Å². The van der Waals surface area contributed by atoms with Crippen molar-refractivity contribution >= 4 is 24.2 Å². The summed E-state index contributed by atoms with van der Waals surface area (Å²) in [5.74, 6) is -0.149. The van der Waals surface area contributed by atoms with Gasteiger partial charge in [-0.05, 0) is 12.8 Å². The summed E-state index contributed by atoms with van der Waals surface area (Å²) < 4.78 is 5.42. The lowest BCUT2D eigenvalue weighted by Gasteiger charge is -2.10. The molecule has 0 aromatic rings. The van der Waals surface area contributed by atoms with E-state index >= 15 is 0 Å². The van der Waals surface area contributed by atoms with E-state index in [9.17, 15) is 9.59 Å². The molecule has 0 saturated carbocycles. The van der Waals surface area contributed by atoms with Crippen molar-refractivity contribution in [3.8, 4) is 0 Å². The van der Waals surface area contributed by atoms with Crippen molar-refractivity contribution in [2.45, 2.75) is 25.9 Å². The number of halogens is 1. The fraction of sp³-hybridized carbons (Fsp3) is 0.818. The molecule has 0 aromatic carbocycles. The molecule has 1 saturated heterocycles. The maximum Gasteiger partial charge on any atom is 0.234 e. The van der Waals surface area contributed by atoms with Crippen LogP contribution in [-0.2, 0) is 14.3 Å². The first-order chi connectivity index (χ1) is 8.18. The molecule has 2 amide bonds. The lowest BCUT2D eigenvalue weighted by Crippen LogP contribution is -2.40. The molecule has 3 N–H and O–H groups in total. The number of hydrogen-bond acceptors (Lipinski definition) is 4. The minimum absolute atomic E-state index is 0. The minimum atomic E-state index is -0.0873. The van der Waals surface area contributed by atoms with Gasteiger partial charge in [-0.2, -0.15) is 0 Å². The number of ether oxygens (including phenoxy) is 1. The molecular formula is C11H22ClN3O3. The smallest absolute Gasteiger partial charge is 0.234 e. The van der Waals surface area contributed by atoms with Crippen LogP contribution in [-0.4, -0.2) is 50.7 Å². The van der Waals surface area contributed by atoms with Crippen LogP contribution in [0.2, 0.25) is 0 Å². The van der Waals surface area contributed by atoms with Gasteiger partial charge in [0.15, 0.2) is 0 Å². The molecule has 1 fully saturated rings. The largest absolute Gasteiger partial charge is 0.377 e. The summed E-state index contributed by atoms with van der Waals surface area (Å²) in [6.45, 7) is 4.21. The summed E-state index contributed by atoms with van der Waals surface area (Å²) in [6, 6.07) is 0. The first kappa shape index (κ1) is 17.2. The Kier molecular flexibility index (Phi) is 9.63. The van der Waals surface area contributed by atoms with Gasteiger partial charge < -0.3 is 20.7 Å². The van der Waals surface area contributed by atoms with Crippen molar-refractivity contribution in [3.63, 3.8) is 0 Å². The highest BCUT2D eigenvalue weighted by Crippen LogP contribution is 2.10. The van der Waals surface area contributed by atoms with E-state index < -0.39 is 0 Å². The van der Waals surface area contributed by atoms with Crippen LogP contribution >= 0.6 is 12.4 Å². The molecule has 0 radical (unpaired) electrons. The zero-order valence-electron chi connectivity index (χ0n) is 10.7. The molecule has 1 atom stereocenters. The van der Waals surface area contributed by atoms with Gasteiger partial charge in [0.25, 0.3) is 0 Å². The maximum absolute atomic E-state index is 11.3. The Morgan fingerprint density at radius 1 is 1.28 bits per heavy atom. The lowest BCUT2D eigenvalue weighted by atomic mass is 10.2. The standard InChI is InChI=1S/C11H21N3O3.ClH/c1-9(15)13-4-5-14-11(16)8-12-7-10-3-2-6-17-10;/h10,12H,2-8H2,1H3,(H,13,15)(H,14,16);1H. The van der Waals surface area contributed by atoms with Gasteiger partial charge in [0.05, 0.1) is 12.6 Å². The minimum Gasteiger partial charge on any atom is -0.377 e. The van der Waals surface area contributed by atoms with Crippen LogP contribution in [0.1, 0.15) is 19.8 Å². The van der Waals surface area contributed by atoms with E-state index in [-0.39, 0.29) is 30.3 Å². The van der Waals surface area contributed by atoms with Crippen LogP contribution in [0.15, 0.2) is 0 Å². The van der Waals surface area contributed by atoms with Crippen molar-refractivity contribution in [2.24, 2.45) is 0 Å². The fourth-order valence-electron chi connectivity index (χ4n) is 1.65. The molecule has 1 rings (SSSR count). The van der Waals surface area contributed by atoms with Crippen LogP contribution in [0.5, 0.6) is 0 Å². The molecule has 1 heterocycles. The fourth-order valence-corrected chi connectivity index (χ4v) is 1.65. The Labute approximate surface area is 114 Å². The van der Waals surface area contributed by atoms with E-state index in [0.29, 0.717) is 19.6 Å². The highest BCUT2D eigenvalue weighted by molar-refractivity contribution is 5.85. The lowest BCUT2D eigenvalue weighted by molar-refractivity contribution is -0.121. The second-order valence-corrected chi connectivity index (χ2v) is 4.10. The van der Waals surface area contributed by atoms with Crippen molar-refractivity contribution in [3.05, 3.63) is 0 Å². The Hall–Kier alpha value is -0.850. The third kappa shape index (κ3) is 8.27. The molecule has 18 heavy (non-hydrogen) atoms. The number of amides is 2. The first-order valence-electron chi connectivity index (χ1n) is 6.02. The predicted octanol–water partition coefficient (Wildman–Crippen LogP) is -0.571. The van der Waals surface area contributed by atoms with E-state index in [1.165, 1.54) is 6.92 Å².